The fourth-order valence-corrected chi connectivity index (χ4v) is 4.88. The van der Waals surface area contributed by atoms with Crippen molar-refractivity contribution in [1.29, 1.82) is 0 Å². The molecule has 2 aromatic carbocycles. The number of aromatic amines is 1. The van der Waals surface area contributed by atoms with Gasteiger partial charge in [-0.2, -0.15) is 0 Å². The smallest absolute Gasteiger partial charge is 0.325 e. The minimum atomic E-state index is -0.752. The van der Waals surface area contributed by atoms with Gasteiger partial charge in [0.25, 0.3) is 5.91 Å². The summed E-state index contributed by atoms with van der Waals surface area (Å²) in [5, 5.41) is 5.91. The lowest BCUT2D eigenvalue weighted by Gasteiger charge is -2.20. The molecule has 4 amide bonds. The SMILES string of the molecule is O=C(CCN1C(=O)NC2(CCCC2)C1=O)N[C@H](Cc1ccccc1)c1nc2ccccc2[nH]1. The van der Waals surface area contributed by atoms with Crippen molar-refractivity contribution < 1.29 is 14.4 Å². The summed E-state index contributed by atoms with van der Waals surface area (Å²) in [5.74, 6) is 0.244. The molecular weight excluding hydrogens is 418 g/mol. The van der Waals surface area contributed by atoms with E-state index in [0.717, 1.165) is 29.4 Å². The number of hydrogen-bond acceptors (Lipinski definition) is 4. The first kappa shape index (κ1) is 21.2. The Kier molecular flexibility index (Phi) is 5.58. The van der Waals surface area contributed by atoms with E-state index < -0.39 is 11.6 Å². The number of imidazole rings is 1. The van der Waals surface area contributed by atoms with Crippen LogP contribution in [0.1, 0.15) is 49.5 Å². The average Bonchev–Trinajstić information content (AvgIpc) is 3.52. The van der Waals surface area contributed by atoms with Crippen molar-refractivity contribution in [1.82, 2.24) is 25.5 Å². The molecule has 8 nitrogen and oxygen atoms in total. The Morgan fingerprint density at radius 1 is 1.06 bits per heavy atom. The van der Waals surface area contributed by atoms with E-state index >= 15 is 0 Å². The standard InChI is InChI=1S/C25H27N5O3/c31-21(12-15-30-23(32)25(29-24(30)33)13-6-7-14-25)26-20(16-17-8-2-1-3-9-17)22-27-18-10-4-5-11-19(18)28-22/h1-5,8-11,20H,6-7,12-16H2,(H,26,31)(H,27,28)(H,29,33)/t20-/m1/s1. The number of hydrogen-bond donors (Lipinski definition) is 3. The highest BCUT2D eigenvalue weighted by Crippen LogP contribution is 2.35. The number of para-hydroxylation sites is 2. The first-order valence-electron chi connectivity index (χ1n) is 11.5. The molecule has 2 fully saturated rings. The fourth-order valence-electron chi connectivity index (χ4n) is 4.88. The van der Waals surface area contributed by atoms with Crippen molar-refractivity contribution in [2.45, 2.75) is 50.1 Å². The molecule has 0 bridgehead atoms. The molecule has 1 spiro atoms. The van der Waals surface area contributed by atoms with E-state index in [1.54, 1.807) is 0 Å². The Balaban J connectivity index is 1.28. The minimum absolute atomic E-state index is 0.0424. The molecule has 5 rings (SSSR count). The molecule has 33 heavy (non-hydrogen) atoms. The Hall–Kier alpha value is -3.68. The van der Waals surface area contributed by atoms with Crippen LogP contribution in [-0.4, -0.2) is 44.8 Å². The van der Waals surface area contributed by atoms with Crippen LogP contribution in [0.4, 0.5) is 4.79 Å². The van der Waals surface area contributed by atoms with Gasteiger partial charge < -0.3 is 15.6 Å². The number of rotatable bonds is 7. The van der Waals surface area contributed by atoms with E-state index in [-0.39, 0.29) is 30.8 Å². The number of carbonyl (C=O) groups excluding carboxylic acids is 3. The lowest BCUT2D eigenvalue weighted by Crippen LogP contribution is -2.44. The van der Waals surface area contributed by atoms with Gasteiger partial charge in [0.05, 0.1) is 17.1 Å². The minimum Gasteiger partial charge on any atom is -0.346 e. The fraction of sp³-hybridized carbons (Fsp3) is 0.360. The lowest BCUT2D eigenvalue weighted by molar-refractivity contribution is -0.131. The van der Waals surface area contributed by atoms with Crippen LogP contribution in [0.25, 0.3) is 11.0 Å². The molecule has 8 heteroatoms. The topological polar surface area (TPSA) is 107 Å². The van der Waals surface area contributed by atoms with E-state index in [1.807, 2.05) is 54.6 Å². The molecule has 0 unspecified atom stereocenters. The normalized spacial score (nSPS) is 18.1. The molecule has 1 saturated carbocycles. The maximum absolute atomic E-state index is 12.9. The second-order valence-corrected chi connectivity index (χ2v) is 8.88. The summed E-state index contributed by atoms with van der Waals surface area (Å²) < 4.78 is 0. The second kappa shape index (κ2) is 8.69. The number of carbonyl (C=O) groups is 3. The number of nitrogens with zero attached hydrogens (tertiary/aromatic N) is 2. The monoisotopic (exact) mass is 445 g/mol. The van der Waals surface area contributed by atoms with Gasteiger partial charge in [-0.25, -0.2) is 9.78 Å². The van der Waals surface area contributed by atoms with Crippen LogP contribution in [0, 0.1) is 0 Å². The predicted molar refractivity (Wildman–Crippen MR) is 123 cm³/mol. The summed E-state index contributed by atoms with van der Waals surface area (Å²) in [5.41, 5.74) is 2.06. The number of aromatic nitrogens is 2. The van der Waals surface area contributed by atoms with Gasteiger partial charge in [0.1, 0.15) is 11.4 Å². The summed E-state index contributed by atoms with van der Waals surface area (Å²) in [4.78, 5) is 47.3. The van der Waals surface area contributed by atoms with Gasteiger partial charge in [0, 0.05) is 13.0 Å². The summed E-state index contributed by atoms with van der Waals surface area (Å²) in [6, 6.07) is 16.9. The first-order valence-corrected chi connectivity index (χ1v) is 11.5. The van der Waals surface area contributed by atoms with Gasteiger partial charge in [-0.1, -0.05) is 55.3 Å². The zero-order chi connectivity index (χ0) is 22.8. The molecule has 3 N–H and O–H groups in total. The summed E-state index contributed by atoms with van der Waals surface area (Å²) >= 11 is 0. The molecule has 3 aromatic rings. The number of fused-ring (bicyclic) bond motifs is 1. The molecule has 1 saturated heterocycles. The van der Waals surface area contributed by atoms with Crippen LogP contribution in [0.2, 0.25) is 0 Å². The highest BCUT2D eigenvalue weighted by Gasteiger charge is 2.52. The molecule has 1 atom stereocenters. The van der Waals surface area contributed by atoms with Crippen LogP contribution >= 0.6 is 0 Å². The van der Waals surface area contributed by atoms with Gasteiger partial charge in [-0.15, -0.1) is 0 Å². The molecule has 2 aliphatic rings. The van der Waals surface area contributed by atoms with Gasteiger partial charge in [0.2, 0.25) is 5.91 Å². The Bertz CT molecular complexity index is 1150. The molecule has 1 aromatic heterocycles. The molecule has 2 heterocycles. The molecule has 0 radical (unpaired) electrons. The third kappa shape index (κ3) is 4.20. The van der Waals surface area contributed by atoms with Gasteiger partial charge >= 0.3 is 6.03 Å². The van der Waals surface area contributed by atoms with Crippen molar-refractivity contribution in [2.24, 2.45) is 0 Å². The third-order valence-electron chi connectivity index (χ3n) is 6.62. The number of imide groups is 1. The van der Waals surface area contributed by atoms with Crippen molar-refractivity contribution in [3.8, 4) is 0 Å². The van der Waals surface area contributed by atoms with Gasteiger partial charge in [-0.3, -0.25) is 14.5 Å². The molecule has 1 aliphatic carbocycles. The Labute approximate surface area is 191 Å². The van der Waals surface area contributed by atoms with E-state index in [9.17, 15) is 14.4 Å². The Morgan fingerprint density at radius 3 is 2.55 bits per heavy atom. The number of nitrogens with one attached hydrogen (secondary N) is 3. The van der Waals surface area contributed by atoms with E-state index in [0.29, 0.717) is 25.1 Å². The van der Waals surface area contributed by atoms with Crippen LogP contribution in [0.15, 0.2) is 54.6 Å². The van der Waals surface area contributed by atoms with Gasteiger partial charge in [-0.05, 0) is 37.0 Å². The largest absolute Gasteiger partial charge is 0.346 e. The quantitative estimate of drug-likeness (QED) is 0.486. The van der Waals surface area contributed by atoms with E-state index in [2.05, 4.69) is 20.6 Å². The lowest BCUT2D eigenvalue weighted by atomic mass is 9.98. The zero-order valence-corrected chi connectivity index (χ0v) is 18.3. The highest BCUT2D eigenvalue weighted by molar-refractivity contribution is 6.07. The van der Waals surface area contributed by atoms with Crippen LogP contribution in [0.3, 0.4) is 0 Å². The van der Waals surface area contributed by atoms with Crippen molar-refractivity contribution in [3.05, 3.63) is 66.0 Å². The van der Waals surface area contributed by atoms with Crippen molar-refractivity contribution in [2.75, 3.05) is 6.54 Å². The van der Waals surface area contributed by atoms with E-state index in [4.69, 9.17) is 0 Å². The molecule has 170 valence electrons. The first-order chi connectivity index (χ1) is 16.0. The predicted octanol–water partition coefficient (Wildman–Crippen LogP) is 3.22. The second-order valence-electron chi connectivity index (χ2n) is 8.88. The zero-order valence-electron chi connectivity index (χ0n) is 18.3. The van der Waals surface area contributed by atoms with Crippen molar-refractivity contribution in [3.63, 3.8) is 0 Å². The molecular formula is C25H27N5O3. The van der Waals surface area contributed by atoms with Crippen LogP contribution < -0.4 is 10.6 Å². The highest BCUT2D eigenvalue weighted by atomic mass is 16.2. The number of urea groups is 1. The summed E-state index contributed by atoms with van der Waals surface area (Å²) in [6.07, 6.45) is 3.81. The maximum atomic E-state index is 12.9. The summed E-state index contributed by atoms with van der Waals surface area (Å²) in [7, 11) is 0. The van der Waals surface area contributed by atoms with Crippen LogP contribution in [-0.2, 0) is 16.0 Å². The van der Waals surface area contributed by atoms with E-state index in [1.165, 1.54) is 4.90 Å². The number of benzene rings is 2. The average molecular weight is 446 g/mol. The summed E-state index contributed by atoms with van der Waals surface area (Å²) in [6.45, 7) is 0.0659. The van der Waals surface area contributed by atoms with Crippen LogP contribution in [0.5, 0.6) is 0 Å². The number of amides is 4. The Morgan fingerprint density at radius 2 is 1.79 bits per heavy atom. The van der Waals surface area contributed by atoms with Gasteiger partial charge in [0.15, 0.2) is 0 Å². The third-order valence-corrected chi connectivity index (χ3v) is 6.62. The molecule has 1 aliphatic heterocycles. The van der Waals surface area contributed by atoms with Crippen molar-refractivity contribution >= 4 is 28.9 Å². The number of H-pyrrole nitrogens is 1. The maximum Gasteiger partial charge on any atom is 0.325 e.